The molecule has 10 heteroatoms. The van der Waals surface area contributed by atoms with Crippen LogP contribution in [-0.4, -0.2) is 105 Å². The number of hydrogen-bond donors (Lipinski definition) is 1. The number of amides is 1. The number of esters is 1. The number of fused-ring (bicyclic) bond motifs is 3. The lowest BCUT2D eigenvalue weighted by atomic mass is 9.96. The van der Waals surface area contributed by atoms with Crippen molar-refractivity contribution in [3.05, 3.63) is 0 Å². The number of aliphatic carboxylic acids is 1. The molecule has 9 nitrogen and oxygen atoms in total. The van der Waals surface area contributed by atoms with Crippen LogP contribution >= 0.6 is 11.8 Å². The van der Waals surface area contributed by atoms with Gasteiger partial charge >= 0.3 is 11.9 Å². The molecule has 4 aliphatic heterocycles. The number of hydrogen-bond acceptors (Lipinski definition) is 7. The molecule has 4 aliphatic rings. The number of β-lactam (4-membered cyclic amide) rings is 1. The van der Waals surface area contributed by atoms with E-state index in [-0.39, 0.29) is 42.0 Å². The number of thioether (sulfide) groups is 1. The molecule has 0 aromatic rings. The zero-order valence-corrected chi connectivity index (χ0v) is 18.7. The zero-order chi connectivity index (χ0) is 21.8. The summed E-state index contributed by atoms with van der Waals surface area (Å²) >= 11 is 1.51. The Kier molecular flexibility index (Phi) is 5.50. The van der Waals surface area contributed by atoms with E-state index in [1.54, 1.807) is 11.2 Å². The number of carbonyl (C=O) groups is 3. The van der Waals surface area contributed by atoms with Crippen molar-refractivity contribution in [2.24, 2.45) is 4.99 Å². The van der Waals surface area contributed by atoms with Gasteiger partial charge in [-0.2, -0.15) is 0 Å². The molecular formula is C20H30N4O5S. The third-order valence-corrected chi connectivity index (χ3v) is 8.05. The molecule has 4 rings (SSSR count). The first-order chi connectivity index (χ1) is 14.1. The minimum atomic E-state index is -0.963. The number of likely N-dealkylation sites (N-methyl/N-ethyl adjacent to an activating group) is 1. The summed E-state index contributed by atoms with van der Waals surface area (Å²) in [6.07, 6.45) is 5.33. The topological polar surface area (TPSA) is 103 Å². The first kappa shape index (κ1) is 21.4. The number of carboxylic acids is 1. The van der Waals surface area contributed by atoms with Crippen molar-refractivity contribution in [2.45, 2.75) is 79.9 Å². The Balaban J connectivity index is 1.37. The molecular weight excluding hydrogens is 408 g/mol. The number of carboxylic acid groups (broad SMARTS) is 1. The van der Waals surface area contributed by atoms with Gasteiger partial charge in [-0.3, -0.25) is 19.5 Å². The molecule has 2 bridgehead atoms. The van der Waals surface area contributed by atoms with Crippen molar-refractivity contribution in [1.82, 2.24) is 14.7 Å². The Morgan fingerprint density at radius 1 is 1.30 bits per heavy atom. The maximum Gasteiger partial charge on any atom is 0.327 e. The zero-order valence-electron chi connectivity index (χ0n) is 17.9. The van der Waals surface area contributed by atoms with E-state index in [1.807, 2.05) is 27.9 Å². The van der Waals surface area contributed by atoms with Crippen molar-refractivity contribution >= 4 is 35.9 Å². The fourth-order valence-electron chi connectivity index (χ4n) is 5.21. The van der Waals surface area contributed by atoms with Gasteiger partial charge < -0.3 is 19.6 Å². The normalized spacial score (nSPS) is 36.9. The molecule has 0 radical (unpaired) electrons. The minimum Gasteiger partial charge on any atom is -0.480 e. The fraction of sp³-hybridized carbons (Fsp3) is 0.800. The molecule has 0 unspecified atom stereocenters. The van der Waals surface area contributed by atoms with E-state index in [9.17, 15) is 19.5 Å². The molecule has 4 saturated heterocycles. The highest BCUT2D eigenvalue weighted by Gasteiger charge is 2.64. The Labute approximate surface area is 180 Å². The van der Waals surface area contributed by atoms with E-state index in [0.29, 0.717) is 0 Å². The van der Waals surface area contributed by atoms with Crippen molar-refractivity contribution < 1.29 is 24.2 Å². The Bertz CT molecular complexity index is 758. The highest BCUT2D eigenvalue weighted by atomic mass is 32.2. The first-order valence-corrected chi connectivity index (χ1v) is 11.3. The van der Waals surface area contributed by atoms with Gasteiger partial charge in [-0.15, -0.1) is 11.8 Å². The SMILES string of the molecule is CN(C)CC(=O)O[C@H]1C[C@H]2CC[C@@H](C1)N2/C=N\[C@@H]1C(=O)N2[C@@H]1SC(C)(C)[C@@H]2C(=O)O. The summed E-state index contributed by atoms with van der Waals surface area (Å²) in [6, 6.07) is -0.811. The first-order valence-electron chi connectivity index (χ1n) is 10.5. The average Bonchev–Trinajstić information content (AvgIpc) is 3.01. The lowest BCUT2D eigenvalue weighted by molar-refractivity contribution is -0.158. The molecule has 0 spiro atoms. The third kappa shape index (κ3) is 3.68. The van der Waals surface area contributed by atoms with E-state index in [1.165, 1.54) is 16.7 Å². The van der Waals surface area contributed by atoms with Crippen molar-refractivity contribution in [3.63, 3.8) is 0 Å². The highest BCUT2D eigenvalue weighted by molar-refractivity contribution is 8.01. The highest BCUT2D eigenvalue weighted by Crippen LogP contribution is 2.51. The maximum absolute atomic E-state index is 12.6. The number of nitrogens with zero attached hydrogens (tertiary/aromatic N) is 4. The molecule has 1 amide bonds. The summed E-state index contributed by atoms with van der Waals surface area (Å²) in [7, 11) is 3.69. The summed E-state index contributed by atoms with van der Waals surface area (Å²) in [5.74, 6) is -1.36. The van der Waals surface area contributed by atoms with E-state index in [4.69, 9.17) is 4.74 Å². The van der Waals surface area contributed by atoms with Crippen molar-refractivity contribution in [1.29, 1.82) is 0 Å². The van der Waals surface area contributed by atoms with Gasteiger partial charge in [0, 0.05) is 29.7 Å². The quantitative estimate of drug-likeness (QED) is 0.279. The van der Waals surface area contributed by atoms with Crippen LogP contribution in [-0.2, 0) is 19.1 Å². The summed E-state index contributed by atoms with van der Waals surface area (Å²) in [6.45, 7) is 4.01. The maximum atomic E-state index is 12.6. The van der Waals surface area contributed by atoms with Crippen LogP contribution in [0.4, 0.5) is 0 Å². The van der Waals surface area contributed by atoms with Crippen LogP contribution in [0.3, 0.4) is 0 Å². The van der Waals surface area contributed by atoms with Gasteiger partial charge in [0.15, 0.2) is 6.04 Å². The van der Waals surface area contributed by atoms with E-state index < -0.39 is 22.8 Å². The lowest BCUT2D eigenvalue weighted by Crippen LogP contribution is -2.65. The summed E-state index contributed by atoms with van der Waals surface area (Å²) in [5, 5.41) is 9.31. The van der Waals surface area contributed by atoms with Crippen LogP contribution < -0.4 is 0 Å². The van der Waals surface area contributed by atoms with E-state index >= 15 is 0 Å². The van der Waals surface area contributed by atoms with Crippen LogP contribution in [0.2, 0.25) is 0 Å². The molecule has 6 atom stereocenters. The molecule has 166 valence electrons. The van der Waals surface area contributed by atoms with Crippen LogP contribution in [0.5, 0.6) is 0 Å². The number of carbonyl (C=O) groups excluding carboxylic acids is 2. The minimum absolute atomic E-state index is 0.0667. The van der Waals surface area contributed by atoms with E-state index in [0.717, 1.165) is 25.7 Å². The second-order valence-electron chi connectivity index (χ2n) is 9.46. The number of piperidine rings is 1. The van der Waals surface area contributed by atoms with Gasteiger partial charge in [0.1, 0.15) is 17.5 Å². The van der Waals surface area contributed by atoms with Gasteiger partial charge in [0.05, 0.1) is 12.9 Å². The van der Waals surface area contributed by atoms with Gasteiger partial charge in [-0.25, -0.2) is 4.79 Å². The molecule has 1 N–H and O–H groups in total. The van der Waals surface area contributed by atoms with Crippen LogP contribution in [0.1, 0.15) is 39.5 Å². The van der Waals surface area contributed by atoms with Crippen LogP contribution in [0.25, 0.3) is 0 Å². The van der Waals surface area contributed by atoms with Crippen LogP contribution in [0, 0.1) is 0 Å². The number of ether oxygens (including phenoxy) is 1. The predicted octanol–water partition coefficient (Wildman–Crippen LogP) is 0.630. The molecule has 0 aliphatic carbocycles. The van der Waals surface area contributed by atoms with Gasteiger partial charge in [-0.05, 0) is 40.8 Å². The summed E-state index contributed by atoms with van der Waals surface area (Å²) in [4.78, 5) is 46.3. The predicted molar refractivity (Wildman–Crippen MR) is 112 cm³/mol. The van der Waals surface area contributed by atoms with Gasteiger partial charge in [-0.1, -0.05) is 0 Å². The Morgan fingerprint density at radius 2 is 1.93 bits per heavy atom. The largest absolute Gasteiger partial charge is 0.480 e. The van der Waals surface area contributed by atoms with Crippen molar-refractivity contribution in [3.8, 4) is 0 Å². The molecule has 4 heterocycles. The van der Waals surface area contributed by atoms with Crippen LogP contribution in [0.15, 0.2) is 4.99 Å². The molecule has 0 aromatic heterocycles. The molecule has 0 saturated carbocycles. The van der Waals surface area contributed by atoms with Crippen molar-refractivity contribution in [2.75, 3.05) is 20.6 Å². The second kappa shape index (κ2) is 7.71. The smallest absolute Gasteiger partial charge is 0.327 e. The molecule has 4 fully saturated rings. The standard InChI is InChI=1S/C20H30N4O5S/c1-20(2)16(19(27)28)24-17(26)15(18(24)30-20)21-10-23-11-5-6-12(23)8-13(7-11)29-14(25)9-22(3)4/h10-13,15-16,18H,5-9H2,1-4H3,(H,27,28)/b21-10-/t11-,12+,13+,15-,16+,18-/m1/s1. The lowest BCUT2D eigenvalue weighted by Gasteiger charge is -2.42. The third-order valence-electron chi connectivity index (χ3n) is 6.50. The summed E-state index contributed by atoms with van der Waals surface area (Å²) in [5.41, 5.74) is 0. The molecule has 30 heavy (non-hydrogen) atoms. The number of rotatable bonds is 6. The summed E-state index contributed by atoms with van der Waals surface area (Å²) < 4.78 is 5.11. The van der Waals surface area contributed by atoms with Gasteiger partial charge in [0.2, 0.25) is 0 Å². The average molecular weight is 439 g/mol. The number of aliphatic imine (C=N–C) groups is 1. The van der Waals surface area contributed by atoms with Gasteiger partial charge in [0.25, 0.3) is 5.91 Å². The fourth-order valence-corrected chi connectivity index (χ4v) is 6.83. The monoisotopic (exact) mass is 438 g/mol. The second-order valence-corrected chi connectivity index (χ2v) is 11.2. The van der Waals surface area contributed by atoms with E-state index in [2.05, 4.69) is 9.89 Å². The Morgan fingerprint density at radius 3 is 2.50 bits per heavy atom. The Hall–Kier alpha value is -1.81. The molecule has 0 aromatic carbocycles.